The van der Waals surface area contributed by atoms with Gasteiger partial charge in [0.05, 0.1) is 24.9 Å². The predicted octanol–water partition coefficient (Wildman–Crippen LogP) is 4.76. The minimum atomic E-state index is -0.338. The van der Waals surface area contributed by atoms with Crippen LogP contribution in [0.1, 0.15) is 85.5 Å². The number of aliphatic hydroxyl groups is 2. The standard InChI is InChI=1S/C27H44O4/c1-15-5-10-27(30-14-15)16(2)24-23(31-27)13-20-18-12-22(29)21-11-17(28)6-8-25(21,3)19(18)7-9-26(20,24)4/h15-24,28-29H,5-14H2,1-4H3/t15-,16+,17-,18+,19-,20-,21-,22+,23+,24+,25-,26+,27-/m1/s1. The van der Waals surface area contributed by atoms with Gasteiger partial charge < -0.3 is 19.7 Å². The molecular formula is C27H44O4. The van der Waals surface area contributed by atoms with E-state index in [1.807, 2.05) is 0 Å². The van der Waals surface area contributed by atoms with Crippen LogP contribution in [0, 0.1) is 52.3 Å². The van der Waals surface area contributed by atoms with Crippen molar-refractivity contribution >= 4 is 0 Å². The average Bonchev–Trinajstić information content (AvgIpc) is 3.17. The van der Waals surface area contributed by atoms with Gasteiger partial charge in [-0.1, -0.05) is 27.7 Å². The van der Waals surface area contributed by atoms with E-state index in [-0.39, 0.29) is 29.3 Å². The highest BCUT2D eigenvalue weighted by atomic mass is 16.7. The van der Waals surface area contributed by atoms with Crippen molar-refractivity contribution in [3.05, 3.63) is 0 Å². The summed E-state index contributed by atoms with van der Waals surface area (Å²) < 4.78 is 13.3. The van der Waals surface area contributed by atoms with Crippen LogP contribution < -0.4 is 0 Å². The van der Waals surface area contributed by atoms with Crippen molar-refractivity contribution in [1.82, 2.24) is 0 Å². The van der Waals surface area contributed by atoms with Gasteiger partial charge in [0.25, 0.3) is 0 Å². The Bertz CT molecular complexity index is 716. The van der Waals surface area contributed by atoms with Gasteiger partial charge in [-0.3, -0.25) is 0 Å². The molecule has 0 radical (unpaired) electrons. The van der Waals surface area contributed by atoms with Crippen molar-refractivity contribution in [3.63, 3.8) is 0 Å². The number of hydrogen-bond acceptors (Lipinski definition) is 4. The normalized spacial score (nSPS) is 63.3. The van der Waals surface area contributed by atoms with E-state index >= 15 is 0 Å². The van der Waals surface area contributed by atoms with Crippen LogP contribution in [0.3, 0.4) is 0 Å². The highest BCUT2D eigenvalue weighted by Gasteiger charge is 2.69. The minimum Gasteiger partial charge on any atom is -0.393 e. The summed E-state index contributed by atoms with van der Waals surface area (Å²) in [6.45, 7) is 10.6. The molecule has 2 saturated heterocycles. The van der Waals surface area contributed by atoms with Gasteiger partial charge in [-0.15, -0.1) is 0 Å². The Kier molecular flexibility index (Phi) is 4.78. The fourth-order valence-corrected chi connectivity index (χ4v) is 10.3. The van der Waals surface area contributed by atoms with Crippen molar-refractivity contribution in [3.8, 4) is 0 Å². The first kappa shape index (κ1) is 21.4. The van der Waals surface area contributed by atoms with Crippen LogP contribution in [-0.2, 0) is 9.47 Å². The summed E-state index contributed by atoms with van der Waals surface area (Å²) in [7, 11) is 0. The molecule has 6 aliphatic rings. The number of rotatable bonds is 0. The Morgan fingerprint density at radius 2 is 1.58 bits per heavy atom. The van der Waals surface area contributed by atoms with E-state index in [2.05, 4.69) is 27.7 Å². The predicted molar refractivity (Wildman–Crippen MR) is 119 cm³/mol. The Morgan fingerprint density at radius 1 is 0.806 bits per heavy atom. The first-order chi connectivity index (χ1) is 14.7. The van der Waals surface area contributed by atoms with E-state index in [9.17, 15) is 10.2 Å². The molecule has 176 valence electrons. The Balaban J connectivity index is 1.28. The Hall–Kier alpha value is -0.160. The molecule has 4 heteroatoms. The maximum absolute atomic E-state index is 11.2. The molecule has 31 heavy (non-hydrogen) atoms. The van der Waals surface area contributed by atoms with Crippen molar-refractivity contribution in [1.29, 1.82) is 0 Å². The molecule has 6 fully saturated rings. The van der Waals surface area contributed by atoms with Crippen molar-refractivity contribution in [2.45, 2.75) is 110 Å². The topological polar surface area (TPSA) is 58.9 Å². The van der Waals surface area contributed by atoms with Gasteiger partial charge in [0.15, 0.2) is 5.79 Å². The van der Waals surface area contributed by atoms with Gasteiger partial charge in [0.1, 0.15) is 0 Å². The molecule has 0 aromatic carbocycles. The number of hydrogen-bond donors (Lipinski definition) is 2. The summed E-state index contributed by atoms with van der Waals surface area (Å²) in [5, 5.41) is 21.5. The van der Waals surface area contributed by atoms with Gasteiger partial charge >= 0.3 is 0 Å². The van der Waals surface area contributed by atoms with Crippen LogP contribution in [0.2, 0.25) is 0 Å². The van der Waals surface area contributed by atoms with E-state index in [0.717, 1.165) is 45.1 Å². The highest BCUT2D eigenvalue weighted by Crippen LogP contribution is 2.71. The van der Waals surface area contributed by atoms with Crippen LogP contribution in [0.15, 0.2) is 0 Å². The smallest absolute Gasteiger partial charge is 0.171 e. The lowest BCUT2D eigenvalue weighted by Crippen LogP contribution is -2.58. The maximum atomic E-state index is 11.2. The largest absolute Gasteiger partial charge is 0.393 e. The van der Waals surface area contributed by atoms with Gasteiger partial charge in [-0.2, -0.15) is 0 Å². The molecular weight excluding hydrogens is 388 g/mol. The molecule has 0 amide bonds. The molecule has 0 bridgehead atoms. The van der Waals surface area contributed by atoms with Crippen LogP contribution in [0.5, 0.6) is 0 Å². The Labute approximate surface area is 188 Å². The summed E-state index contributed by atoms with van der Waals surface area (Å²) in [5.74, 6) is 3.58. The second-order valence-corrected chi connectivity index (χ2v) is 13.2. The lowest BCUT2D eigenvalue weighted by molar-refractivity contribution is -0.273. The molecule has 2 N–H and O–H groups in total. The van der Waals surface area contributed by atoms with Crippen LogP contribution in [0.4, 0.5) is 0 Å². The quantitative estimate of drug-likeness (QED) is 0.579. The maximum Gasteiger partial charge on any atom is 0.171 e. The molecule has 2 aliphatic heterocycles. The molecule has 1 spiro atoms. The first-order valence-electron chi connectivity index (χ1n) is 13.4. The van der Waals surface area contributed by atoms with Crippen molar-refractivity contribution in [2.75, 3.05) is 6.61 Å². The van der Waals surface area contributed by atoms with Gasteiger partial charge in [-0.25, -0.2) is 0 Å². The summed E-state index contributed by atoms with van der Waals surface area (Å²) in [5.41, 5.74) is 0.495. The van der Waals surface area contributed by atoms with Gasteiger partial charge in [0.2, 0.25) is 0 Å². The highest BCUT2D eigenvalue weighted by molar-refractivity contribution is 5.16. The molecule has 13 atom stereocenters. The second-order valence-electron chi connectivity index (χ2n) is 13.2. The molecule has 2 heterocycles. The Morgan fingerprint density at radius 3 is 2.32 bits per heavy atom. The summed E-state index contributed by atoms with van der Waals surface area (Å²) in [4.78, 5) is 0. The van der Waals surface area contributed by atoms with Crippen LogP contribution in [0.25, 0.3) is 0 Å². The number of ether oxygens (including phenoxy) is 2. The fourth-order valence-electron chi connectivity index (χ4n) is 10.3. The molecule has 0 aromatic heterocycles. The molecule has 4 aliphatic carbocycles. The van der Waals surface area contributed by atoms with E-state index in [1.54, 1.807) is 0 Å². The third-order valence-electron chi connectivity index (χ3n) is 11.9. The zero-order valence-electron chi connectivity index (χ0n) is 20.1. The summed E-state index contributed by atoms with van der Waals surface area (Å²) >= 11 is 0. The molecule has 6 rings (SSSR count). The molecule has 0 aromatic rings. The van der Waals surface area contributed by atoms with Crippen LogP contribution in [-0.4, -0.2) is 40.9 Å². The summed E-state index contributed by atoms with van der Waals surface area (Å²) in [6.07, 6.45) is 9.58. The number of aliphatic hydroxyl groups excluding tert-OH is 2. The minimum absolute atomic E-state index is 0.191. The van der Waals surface area contributed by atoms with Gasteiger partial charge in [-0.05, 0) is 97.7 Å². The van der Waals surface area contributed by atoms with Crippen molar-refractivity contribution < 1.29 is 19.7 Å². The van der Waals surface area contributed by atoms with Crippen molar-refractivity contribution in [2.24, 2.45) is 52.3 Å². The third-order valence-corrected chi connectivity index (χ3v) is 11.9. The third kappa shape index (κ3) is 2.80. The van der Waals surface area contributed by atoms with E-state index in [0.29, 0.717) is 47.0 Å². The van der Waals surface area contributed by atoms with Crippen LogP contribution >= 0.6 is 0 Å². The van der Waals surface area contributed by atoms with E-state index in [1.165, 1.54) is 19.3 Å². The lowest BCUT2D eigenvalue weighted by Gasteiger charge is -2.62. The number of fused-ring (bicyclic) bond motifs is 7. The molecule has 0 unspecified atom stereocenters. The zero-order valence-corrected chi connectivity index (χ0v) is 20.1. The monoisotopic (exact) mass is 432 g/mol. The zero-order chi connectivity index (χ0) is 21.8. The van der Waals surface area contributed by atoms with E-state index < -0.39 is 0 Å². The fraction of sp³-hybridized carbons (Fsp3) is 1.00. The average molecular weight is 433 g/mol. The SMILES string of the molecule is C[C@@H]1CC[C@@]2(OC1)O[C@H]1C[C@@H]3[C@H]4C[C@H](O)[C@H]5C[C@H](O)CC[C@]5(C)[C@@H]4CC[C@]3(C)[C@H]1[C@@H]2C. The summed E-state index contributed by atoms with van der Waals surface area (Å²) in [6, 6.07) is 0. The lowest BCUT2D eigenvalue weighted by atomic mass is 9.43. The second kappa shape index (κ2) is 6.93. The van der Waals surface area contributed by atoms with Gasteiger partial charge in [0, 0.05) is 12.3 Å². The molecule has 4 saturated carbocycles. The van der Waals surface area contributed by atoms with E-state index in [4.69, 9.17) is 9.47 Å². The first-order valence-corrected chi connectivity index (χ1v) is 13.4. The molecule has 4 nitrogen and oxygen atoms in total.